The van der Waals surface area contributed by atoms with Crippen LogP contribution < -0.4 is 5.32 Å². The topological polar surface area (TPSA) is 66.5 Å². The first-order chi connectivity index (χ1) is 12.0. The van der Waals surface area contributed by atoms with Gasteiger partial charge in [0, 0.05) is 18.8 Å². The molecular weight excluding hydrogens is 386 g/mol. The highest BCUT2D eigenvalue weighted by atomic mass is 35.5. The standard InChI is InChI=1S/C17H17ClF2N2O3S/c1-10(2)22(3)26(24,25)12-6-4-11(5-7-12)21-17(23)13-8-15(19)16(20)9-14(13)18/h4-10H,1-3H3,(H,21,23). The van der Waals surface area contributed by atoms with Gasteiger partial charge < -0.3 is 5.32 Å². The Balaban J connectivity index is 2.22. The van der Waals surface area contributed by atoms with Crippen molar-refractivity contribution in [2.24, 2.45) is 0 Å². The van der Waals surface area contributed by atoms with Crippen molar-refractivity contribution in [2.45, 2.75) is 24.8 Å². The lowest BCUT2D eigenvalue weighted by molar-refractivity contribution is 0.102. The molecule has 1 N–H and O–H groups in total. The third-order valence-corrected chi connectivity index (χ3v) is 6.13. The van der Waals surface area contributed by atoms with Crippen molar-refractivity contribution in [3.8, 4) is 0 Å². The predicted molar refractivity (Wildman–Crippen MR) is 95.8 cm³/mol. The maximum Gasteiger partial charge on any atom is 0.257 e. The minimum Gasteiger partial charge on any atom is -0.322 e. The fraction of sp³-hybridized carbons (Fsp3) is 0.235. The normalized spacial score (nSPS) is 11.8. The van der Waals surface area contributed by atoms with Crippen molar-refractivity contribution in [1.82, 2.24) is 4.31 Å². The molecule has 0 unspecified atom stereocenters. The Labute approximate surface area is 155 Å². The van der Waals surface area contributed by atoms with Crippen LogP contribution in [0.3, 0.4) is 0 Å². The average Bonchev–Trinajstić information content (AvgIpc) is 2.57. The number of carbonyl (C=O) groups is 1. The minimum atomic E-state index is -3.64. The van der Waals surface area contributed by atoms with Crippen LogP contribution in [-0.2, 0) is 10.0 Å². The number of hydrogen-bond acceptors (Lipinski definition) is 3. The molecule has 0 heterocycles. The summed E-state index contributed by atoms with van der Waals surface area (Å²) in [7, 11) is -2.17. The Morgan fingerprint density at radius 2 is 1.65 bits per heavy atom. The highest BCUT2D eigenvalue weighted by Crippen LogP contribution is 2.23. The number of amides is 1. The van der Waals surface area contributed by atoms with Crippen molar-refractivity contribution in [3.05, 3.63) is 58.6 Å². The fourth-order valence-electron chi connectivity index (χ4n) is 2.05. The van der Waals surface area contributed by atoms with Gasteiger partial charge in [0.1, 0.15) is 0 Å². The second-order valence-corrected chi connectivity index (χ2v) is 8.24. The van der Waals surface area contributed by atoms with Crippen LogP contribution in [0.4, 0.5) is 14.5 Å². The molecule has 0 atom stereocenters. The Bertz CT molecular complexity index is 932. The summed E-state index contributed by atoms with van der Waals surface area (Å²) >= 11 is 5.76. The largest absolute Gasteiger partial charge is 0.322 e. The molecule has 9 heteroatoms. The first-order valence-corrected chi connectivity index (χ1v) is 9.40. The van der Waals surface area contributed by atoms with E-state index in [0.29, 0.717) is 12.1 Å². The van der Waals surface area contributed by atoms with Gasteiger partial charge in [-0.25, -0.2) is 17.2 Å². The average molecular weight is 403 g/mol. The molecule has 2 rings (SSSR count). The quantitative estimate of drug-likeness (QED) is 0.771. The molecule has 0 aliphatic carbocycles. The fourth-order valence-corrected chi connectivity index (χ4v) is 3.65. The molecule has 2 aromatic rings. The number of halogens is 3. The Morgan fingerprint density at radius 3 is 2.19 bits per heavy atom. The van der Waals surface area contributed by atoms with Gasteiger partial charge in [-0.3, -0.25) is 4.79 Å². The van der Waals surface area contributed by atoms with Crippen LogP contribution in [-0.4, -0.2) is 31.7 Å². The van der Waals surface area contributed by atoms with Crippen LogP contribution >= 0.6 is 11.6 Å². The SMILES string of the molecule is CC(C)N(C)S(=O)(=O)c1ccc(NC(=O)c2cc(F)c(F)cc2Cl)cc1. The van der Waals surface area contributed by atoms with E-state index in [-0.39, 0.29) is 27.2 Å². The highest BCUT2D eigenvalue weighted by Gasteiger charge is 2.23. The summed E-state index contributed by atoms with van der Waals surface area (Å²) in [5.41, 5.74) is 0.0451. The van der Waals surface area contributed by atoms with Crippen LogP contribution in [0, 0.1) is 11.6 Å². The van der Waals surface area contributed by atoms with Gasteiger partial charge in [0.15, 0.2) is 11.6 Å². The van der Waals surface area contributed by atoms with E-state index >= 15 is 0 Å². The summed E-state index contributed by atoms with van der Waals surface area (Å²) in [6, 6.07) is 6.68. The Kier molecular flexibility index (Phi) is 6.00. The van der Waals surface area contributed by atoms with Gasteiger partial charge in [0.05, 0.1) is 15.5 Å². The number of anilines is 1. The zero-order valence-electron chi connectivity index (χ0n) is 14.3. The molecule has 0 aliphatic heterocycles. The smallest absolute Gasteiger partial charge is 0.257 e. The van der Waals surface area contributed by atoms with Crippen LogP contribution in [0.1, 0.15) is 24.2 Å². The van der Waals surface area contributed by atoms with Gasteiger partial charge in [0.2, 0.25) is 10.0 Å². The van der Waals surface area contributed by atoms with Crippen molar-refractivity contribution < 1.29 is 22.0 Å². The number of sulfonamides is 1. The van der Waals surface area contributed by atoms with E-state index in [0.717, 1.165) is 0 Å². The van der Waals surface area contributed by atoms with E-state index < -0.39 is 27.6 Å². The number of nitrogens with one attached hydrogen (secondary N) is 1. The first kappa shape index (κ1) is 20.3. The van der Waals surface area contributed by atoms with E-state index in [1.807, 2.05) is 0 Å². The van der Waals surface area contributed by atoms with Gasteiger partial charge in [-0.05, 0) is 50.2 Å². The number of hydrogen-bond donors (Lipinski definition) is 1. The maximum atomic E-state index is 13.3. The van der Waals surface area contributed by atoms with Crippen molar-refractivity contribution >= 4 is 33.2 Å². The van der Waals surface area contributed by atoms with E-state index in [1.54, 1.807) is 13.8 Å². The van der Waals surface area contributed by atoms with Crippen LogP contribution in [0.2, 0.25) is 5.02 Å². The molecule has 2 aromatic carbocycles. The molecule has 0 spiro atoms. The van der Waals surface area contributed by atoms with Gasteiger partial charge >= 0.3 is 0 Å². The third-order valence-electron chi connectivity index (χ3n) is 3.77. The van der Waals surface area contributed by atoms with E-state index in [2.05, 4.69) is 5.32 Å². The highest BCUT2D eigenvalue weighted by molar-refractivity contribution is 7.89. The molecule has 0 fully saturated rings. The summed E-state index contributed by atoms with van der Waals surface area (Å²) < 4.78 is 52.4. The molecule has 0 aromatic heterocycles. The van der Waals surface area contributed by atoms with Crippen molar-refractivity contribution in [2.75, 3.05) is 12.4 Å². The molecule has 0 aliphatic rings. The molecule has 5 nitrogen and oxygen atoms in total. The number of rotatable bonds is 5. The lowest BCUT2D eigenvalue weighted by atomic mass is 10.2. The molecular formula is C17H17ClF2N2O3S. The summed E-state index contributed by atoms with van der Waals surface area (Å²) in [5.74, 6) is -3.10. The summed E-state index contributed by atoms with van der Waals surface area (Å²) in [5, 5.41) is 2.22. The van der Waals surface area contributed by atoms with Crippen molar-refractivity contribution in [1.29, 1.82) is 0 Å². The number of nitrogens with zero attached hydrogens (tertiary/aromatic N) is 1. The molecule has 0 radical (unpaired) electrons. The van der Waals surface area contributed by atoms with Gasteiger partial charge in [-0.1, -0.05) is 11.6 Å². The zero-order chi connectivity index (χ0) is 19.6. The van der Waals surface area contributed by atoms with E-state index in [9.17, 15) is 22.0 Å². The predicted octanol–water partition coefficient (Wildman–Crippen LogP) is 3.90. The van der Waals surface area contributed by atoms with E-state index in [1.165, 1.54) is 35.6 Å². The summed E-state index contributed by atoms with van der Waals surface area (Å²) in [6.07, 6.45) is 0. The van der Waals surface area contributed by atoms with Crippen LogP contribution in [0.15, 0.2) is 41.3 Å². The van der Waals surface area contributed by atoms with Crippen LogP contribution in [0.5, 0.6) is 0 Å². The first-order valence-electron chi connectivity index (χ1n) is 7.58. The third kappa shape index (κ3) is 4.20. The minimum absolute atomic E-state index is 0.0672. The number of benzene rings is 2. The van der Waals surface area contributed by atoms with Crippen molar-refractivity contribution in [3.63, 3.8) is 0 Å². The molecule has 140 valence electrons. The Hall–Kier alpha value is -2.03. The lowest BCUT2D eigenvalue weighted by Gasteiger charge is -2.21. The van der Waals surface area contributed by atoms with Gasteiger partial charge in [-0.2, -0.15) is 4.31 Å². The molecule has 26 heavy (non-hydrogen) atoms. The summed E-state index contributed by atoms with van der Waals surface area (Å²) in [4.78, 5) is 12.2. The van der Waals surface area contributed by atoms with Crippen LogP contribution in [0.25, 0.3) is 0 Å². The second-order valence-electron chi connectivity index (χ2n) is 5.84. The molecule has 1 amide bonds. The van der Waals surface area contributed by atoms with E-state index in [4.69, 9.17) is 11.6 Å². The Morgan fingerprint density at radius 1 is 1.12 bits per heavy atom. The summed E-state index contributed by atoms with van der Waals surface area (Å²) in [6.45, 7) is 3.50. The molecule has 0 bridgehead atoms. The molecule has 0 saturated carbocycles. The number of carbonyl (C=O) groups excluding carboxylic acids is 1. The zero-order valence-corrected chi connectivity index (χ0v) is 15.8. The lowest BCUT2D eigenvalue weighted by Crippen LogP contribution is -2.33. The second kappa shape index (κ2) is 7.69. The van der Waals surface area contributed by atoms with Gasteiger partial charge in [-0.15, -0.1) is 0 Å². The molecule has 0 saturated heterocycles. The monoisotopic (exact) mass is 402 g/mol. The van der Waals surface area contributed by atoms with Gasteiger partial charge in [0.25, 0.3) is 5.91 Å². The maximum absolute atomic E-state index is 13.3.